The number of amides is 1. The summed E-state index contributed by atoms with van der Waals surface area (Å²) < 4.78 is 5.68. The molecule has 8 heteroatoms. The first-order valence-electron chi connectivity index (χ1n) is 11.5. The van der Waals surface area contributed by atoms with Crippen molar-refractivity contribution in [3.8, 4) is 5.75 Å². The van der Waals surface area contributed by atoms with Gasteiger partial charge in [0.2, 0.25) is 5.13 Å². The maximum absolute atomic E-state index is 13.3. The van der Waals surface area contributed by atoms with Crippen LogP contribution in [0.5, 0.6) is 5.75 Å². The van der Waals surface area contributed by atoms with Gasteiger partial charge in [0.15, 0.2) is 0 Å². The molecule has 2 aromatic carbocycles. The third kappa shape index (κ3) is 4.84. The molecule has 1 N–H and O–H groups in total. The second kappa shape index (κ2) is 9.26. The molecule has 1 amide bonds. The Kier molecular flexibility index (Phi) is 6.51. The number of aromatic nitrogens is 2. The van der Waals surface area contributed by atoms with Gasteiger partial charge in [0.25, 0.3) is 5.78 Å². The van der Waals surface area contributed by atoms with Gasteiger partial charge in [-0.05, 0) is 61.6 Å². The number of hydrogen-bond donors (Lipinski definition) is 1. The molecule has 1 aromatic heterocycles. The topological polar surface area (TPSA) is 92.6 Å². The Morgan fingerprint density at radius 2 is 1.66 bits per heavy atom. The molecule has 0 bridgehead atoms. The first-order valence-corrected chi connectivity index (χ1v) is 12.3. The molecule has 4 rings (SSSR count). The maximum atomic E-state index is 13.3. The van der Waals surface area contributed by atoms with E-state index in [2.05, 4.69) is 31.0 Å². The molecule has 1 aliphatic rings. The van der Waals surface area contributed by atoms with Crippen LogP contribution < -0.4 is 9.64 Å². The Hall–Kier alpha value is -3.52. The predicted octanol–water partition coefficient (Wildman–Crippen LogP) is 5.56. The van der Waals surface area contributed by atoms with Crippen molar-refractivity contribution in [2.24, 2.45) is 0 Å². The number of Topliss-reactive ketones (excluding diaryl/α,β-unsaturated/α-hetero) is 1. The molecule has 3 aromatic rings. The Labute approximate surface area is 209 Å². The van der Waals surface area contributed by atoms with Crippen molar-refractivity contribution >= 4 is 33.9 Å². The molecular formula is C27H29N3O4S. The molecule has 0 spiro atoms. The van der Waals surface area contributed by atoms with E-state index in [4.69, 9.17) is 4.74 Å². The van der Waals surface area contributed by atoms with E-state index in [1.807, 2.05) is 38.1 Å². The molecule has 1 atom stereocenters. The fourth-order valence-electron chi connectivity index (χ4n) is 4.01. The Balaban J connectivity index is 1.85. The summed E-state index contributed by atoms with van der Waals surface area (Å²) in [6, 6.07) is 13.7. The number of nitrogens with zero attached hydrogens (tertiary/aromatic N) is 3. The number of ketones is 1. The zero-order chi connectivity index (χ0) is 25.5. The van der Waals surface area contributed by atoms with E-state index in [0.717, 1.165) is 5.56 Å². The second-order valence-corrected chi connectivity index (χ2v) is 11.0. The standard InChI is InChI=1S/C27H29N3O4S/c1-15(2)34-20-13-9-18(10-14-20)23(31)21-22(17-7-11-19(12-8-17)27(4,5)6)30(25(33)24(21)32)26-29-28-16(3)35-26/h7-15,22,31H,1-6H3/b23-21+/t22-/m0/s1. The van der Waals surface area contributed by atoms with Crippen molar-refractivity contribution in [2.45, 2.75) is 59.1 Å². The van der Waals surface area contributed by atoms with E-state index < -0.39 is 17.7 Å². The van der Waals surface area contributed by atoms with Crippen molar-refractivity contribution in [3.05, 3.63) is 75.8 Å². The summed E-state index contributed by atoms with van der Waals surface area (Å²) in [5, 5.41) is 20.4. The average Bonchev–Trinajstić information content (AvgIpc) is 3.33. The lowest BCUT2D eigenvalue weighted by Crippen LogP contribution is -2.29. The lowest BCUT2D eigenvalue weighted by molar-refractivity contribution is -0.132. The zero-order valence-electron chi connectivity index (χ0n) is 20.7. The molecule has 2 heterocycles. The largest absolute Gasteiger partial charge is 0.507 e. The highest BCUT2D eigenvalue weighted by Crippen LogP contribution is 2.43. The van der Waals surface area contributed by atoms with Crippen molar-refractivity contribution in [2.75, 3.05) is 4.90 Å². The summed E-state index contributed by atoms with van der Waals surface area (Å²) in [4.78, 5) is 27.8. The summed E-state index contributed by atoms with van der Waals surface area (Å²) in [6.45, 7) is 12.0. The van der Waals surface area contributed by atoms with Crippen LogP contribution >= 0.6 is 11.3 Å². The Morgan fingerprint density at radius 3 is 2.17 bits per heavy atom. The number of ether oxygens (including phenoxy) is 1. The van der Waals surface area contributed by atoms with Gasteiger partial charge in [0.05, 0.1) is 17.7 Å². The van der Waals surface area contributed by atoms with Crippen LogP contribution in [0.15, 0.2) is 54.1 Å². The summed E-state index contributed by atoms with van der Waals surface area (Å²) >= 11 is 1.22. The van der Waals surface area contributed by atoms with Crippen LogP contribution in [-0.2, 0) is 15.0 Å². The lowest BCUT2D eigenvalue weighted by atomic mass is 9.85. The highest BCUT2D eigenvalue weighted by molar-refractivity contribution is 7.15. The van der Waals surface area contributed by atoms with E-state index in [1.165, 1.54) is 16.2 Å². The molecule has 7 nitrogen and oxygen atoms in total. The number of carbonyl (C=O) groups excluding carboxylic acids is 2. The molecule has 0 aliphatic carbocycles. The third-order valence-corrected chi connectivity index (χ3v) is 6.60. The van der Waals surface area contributed by atoms with Crippen LogP contribution in [0.3, 0.4) is 0 Å². The highest BCUT2D eigenvalue weighted by atomic mass is 32.1. The highest BCUT2D eigenvalue weighted by Gasteiger charge is 2.48. The van der Waals surface area contributed by atoms with Crippen LogP contribution in [0.2, 0.25) is 0 Å². The zero-order valence-corrected chi connectivity index (χ0v) is 21.5. The number of aliphatic hydroxyl groups excluding tert-OH is 1. The minimum atomic E-state index is -0.831. The summed E-state index contributed by atoms with van der Waals surface area (Å²) in [7, 11) is 0. The van der Waals surface area contributed by atoms with Gasteiger partial charge < -0.3 is 9.84 Å². The normalized spacial score (nSPS) is 17.9. The van der Waals surface area contributed by atoms with Gasteiger partial charge in [0, 0.05) is 5.56 Å². The lowest BCUT2D eigenvalue weighted by Gasteiger charge is -2.24. The van der Waals surface area contributed by atoms with Crippen molar-refractivity contribution in [1.29, 1.82) is 0 Å². The van der Waals surface area contributed by atoms with Crippen LogP contribution in [0, 0.1) is 6.92 Å². The van der Waals surface area contributed by atoms with Crippen molar-refractivity contribution < 1.29 is 19.4 Å². The first-order chi connectivity index (χ1) is 16.5. The predicted molar refractivity (Wildman–Crippen MR) is 137 cm³/mol. The van der Waals surface area contributed by atoms with Crippen LogP contribution in [-0.4, -0.2) is 33.1 Å². The number of anilines is 1. The molecule has 0 radical (unpaired) electrons. The van der Waals surface area contributed by atoms with E-state index >= 15 is 0 Å². The van der Waals surface area contributed by atoms with Crippen LogP contribution in [0.4, 0.5) is 5.13 Å². The summed E-state index contributed by atoms with van der Waals surface area (Å²) in [5.74, 6) is -1.10. The fraction of sp³-hybridized carbons (Fsp3) is 0.333. The first kappa shape index (κ1) is 24.6. The minimum Gasteiger partial charge on any atom is -0.507 e. The summed E-state index contributed by atoms with van der Waals surface area (Å²) in [6.07, 6.45) is 0.00574. The van der Waals surface area contributed by atoms with E-state index in [1.54, 1.807) is 31.2 Å². The molecule has 0 saturated carbocycles. The minimum absolute atomic E-state index is 0.00574. The van der Waals surface area contributed by atoms with Crippen LogP contribution in [0.25, 0.3) is 5.76 Å². The molecule has 1 fully saturated rings. The van der Waals surface area contributed by atoms with Crippen LogP contribution in [0.1, 0.15) is 62.4 Å². The Morgan fingerprint density at radius 1 is 1.03 bits per heavy atom. The maximum Gasteiger partial charge on any atom is 0.301 e. The van der Waals surface area contributed by atoms with E-state index in [9.17, 15) is 14.7 Å². The smallest absolute Gasteiger partial charge is 0.301 e. The summed E-state index contributed by atoms with van der Waals surface area (Å²) in [5.41, 5.74) is 2.20. The monoisotopic (exact) mass is 491 g/mol. The number of aliphatic hydroxyl groups is 1. The number of benzene rings is 2. The molecule has 35 heavy (non-hydrogen) atoms. The molecule has 1 saturated heterocycles. The van der Waals surface area contributed by atoms with Gasteiger partial charge in [-0.1, -0.05) is 56.4 Å². The van der Waals surface area contributed by atoms with Crippen molar-refractivity contribution in [3.63, 3.8) is 0 Å². The third-order valence-electron chi connectivity index (χ3n) is 5.76. The quantitative estimate of drug-likeness (QED) is 0.285. The van der Waals surface area contributed by atoms with Gasteiger partial charge in [-0.15, -0.1) is 10.2 Å². The SMILES string of the molecule is Cc1nnc(N2C(=O)C(=O)/C(=C(/O)c3ccc(OC(C)C)cc3)[C@@H]2c2ccc(C(C)(C)C)cc2)s1. The number of hydrogen-bond acceptors (Lipinski definition) is 7. The molecule has 1 aliphatic heterocycles. The van der Waals surface area contributed by atoms with Gasteiger partial charge in [0.1, 0.15) is 16.5 Å². The average molecular weight is 492 g/mol. The van der Waals surface area contributed by atoms with Gasteiger partial charge in [-0.2, -0.15) is 0 Å². The van der Waals surface area contributed by atoms with Gasteiger partial charge in [-0.25, -0.2) is 0 Å². The fourth-order valence-corrected chi connectivity index (χ4v) is 4.73. The van der Waals surface area contributed by atoms with Gasteiger partial charge in [-0.3, -0.25) is 14.5 Å². The number of carbonyl (C=O) groups is 2. The molecular weight excluding hydrogens is 462 g/mol. The Bertz CT molecular complexity index is 1290. The van der Waals surface area contributed by atoms with Gasteiger partial charge >= 0.3 is 5.91 Å². The van der Waals surface area contributed by atoms with E-state index in [-0.39, 0.29) is 22.9 Å². The molecule has 0 unspecified atom stereocenters. The second-order valence-electron chi connectivity index (χ2n) is 9.84. The number of rotatable bonds is 5. The van der Waals surface area contributed by atoms with E-state index in [0.29, 0.717) is 27.0 Å². The number of aryl methyl sites for hydroxylation is 1. The van der Waals surface area contributed by atoms with Crippen molar-refractivity contribution in [1.82, 2.24) is 10.2 Å². The molecule has 182 valence electrons.